The Kier molecular flexibility index (Phi) is 3.83. The summed E-state index contributed by atoms with van der Waals surface area (Å²) in [6.45, 7) is 5.69. The third kappa shape index (κ3) is 2.35. The Bertz CT molecular complexity index is 712. The minimum Gasteiger partial charge on any atom is -0.497 e. The molecule has 22 heavy (non-hydrogen) atoms. The van der Waals surface area contributed by atoms with Gasteiger partial charge in [0.1, 0.15) is 5.75 Å². The zero-order chi connectivity index (χ0) is 15.9. The number of benzene rings is 1. The third-order valence-corrected chi connectivity index (χ3v) is 4.82. The van der Waals surface area contributed by atoms with Gasteiger partial charge in [-0.1, -0.05) is 0 Å². The predicted octanol–water partition coefficient (Wildman–Crippen LogP) is 0.466. The minimum absolute atomic E-state index is 0.142. The molecule has 1 aromatic carbocycles. The van der Waals surface area contributed by atoms with Crippen LogP contribution < -0.4 is 9.64 Å². The van der Waals surface area contributed by atoms with Crippen LogP contribution in [-0.2, 0) is 7.05 Å². The van der Waals surface area contributed by atoms with Crippen molar-refractivity contribution in [3.8, 4) is 5.75 Å². The molecule has 1 N–H and O–H groups in total. The maximum absolute atomic E-state index is 13.0. The second kappa shape index (κ2) is 5.65. The zero-order valence-electron chi connectivity index (χ0n) is 13.8. The third-order valence-electron chi connectivity index (χ3n) is 4.82. The molecule has 0 spiro atoms. The monoisotopic (exact) mass is 302 g/mol. The van der Waals surface area contributed by atoms with Crippen molar-refractivity contribution in [3.05, 3.63) is 29.5 Å². The number of aryl methyl sites for hydroxylation is 1. The van der Waals surface area contributed by atoms with Gasteiger partial charge in [-0.2, -0.15) is 0 Å². The van der Waals surface area contributed by atoms with Crippen LogP contribution in [0.5, 0.6) is 5.75 Å². The van der Waals surface area contributed by atoms with E-state index in [2.05, 4.69) is 11.6 Å². The number of nitrogens with zero attached hydrogens (tertiary/aromatic N) is 2. The Morgan fingerprint density at radius 2 is 1.95 bits per heavy atom. The van der Waals surface area contributed by atoms with Crippen LogP contribution in [0, 0.1) is 6.92 Å². The lowest BCUT2D eigenvalue weighted by atomic mass is 10.1. The largest absolute Gasteiger partial charge is 0.497 e. The van der Waals surface area contributed by atoms with Crippen LogP contribution in [0.15, 0.2) is 18.2 Å². The summed E-state index contributed by atoms with van der Waals surface area (Å²) in [5.41, 5.74) is 2.90. The lowest BCUT2D eigenvalue weighted by Gasteiger charge is -2.30. The van der Waals surface area contributed by atoms with Crippen LogP contribution in [0.2, 0.25) is 0 Å². The van der Waals surface area contributed by atoms with Crippen molar-refractivity contribution in [2.75, 3.05) is 40.3 Å². The number of hydrogen-bond donors (Lipinski definition) is 1. The van der Waals surface area contributed by atoms with Crippen molar-refractivity contribution >= 4 is 16.8 Å². The van der Waals surface area contributed by atoms with Gasteiger partial charge < -0.3 is 19.1 Å². The predicted molar refractivity (Wildman–Crippen MR) is 86.7 cm³/mol. The fourth-order valence-corrected chi connectivity index (χ4v) is 3.20. The van der Waals surface area contributed by atoms with Gasteiger partial charge in [-0.25, -0.2) is 0 Å². The summed E-state index contributed by atoms with van der Waals surface area (Å²) in [6.07, 6.45) is 0. The molecule has 5 nitrogen and oxygen atoms in total. The maximum atomic E-state index is 13.0. The number of hydrogen-bond acceptors (Lipinski definition) is 2. The average Bonchev–Trinajstić information content (AvgIpc) is 2.78. The van der Waals surface area contributed by atoms with Crippen molar-refractivity contribution in [2.24, 2.45) is 7.05 Å². The number of amides is 1. The lowest BCUT2D eigenvalue weighted by Crippen LogP contribution is -3.12. The summed E-state index contributed by atoms with van der Waals surface area (Å²) in [5, 5.41) is 0.982. The molecule has 1 fully saturated rings. The van der Waals surface area contributed by atoms with Crippen LogP contribution in [0.25, 0.3) is 10.9 Å². The van der Waals surface area contributed by atoms with Crippen LogP contribution in [0.1, 0.15) is 16.1 Å². The molecule has 1 aliphatic rings. The van der Waals surface area contributed by atoms with E-state index in [9.17, 15) is 4.79 Å². The number of carbonyl (C=O) groups excluding carboxylic acids is 1. The topological polar surface area (TPSA) is 38.9 Å². The second-order valence-electron chi connectivity index (χ2n) is 6.15. The summed E-state index contributed by atoms with van der Waals surface area (Å²) in [5.74, 6) is 0.929. The van der Waals surface area contributed by atoms with E-state index in [-0.39, 0.29) is 5.91 Å². The first-order valence-corrected chi connectivity index (χ1v) is 7.76. The summed E-state index contributed by atoms with van der Waals surface area (Å²) in [4.78, 5) is 16.5. The van der Waals surface area contributed by atoms with E-state index in [1.165, 1.54) is 4.90 Å². The van der Waals surface area contributed by atoms with Crippen molar-refractivity contribution in [1.82, 2.24) is 9.47 Å². The Balaban J connectivity index is 2.05. The Morgan fingerprint density at radius 1 is 1.27 bits per heavy atom. The Labute approximate surface area is 131 Å². The molecule has 0 aliphatic carbocycles. The van der Waals surface area contributed by atoms with Crippen LogP contribution in [0.4, 0.5) is 0 Å². The highest BCUT2D eigenvalue weighted by molar-refractivity contribution is 6.08. The van der Waals surface area contributed by atoms with E-state index in [1.807, 2.05) is 37.1 Å². The van der Waals surface area contributed by atoms with E-state index in [0.29, 0.717) is 0 Å². The van der Waals surface area contributed by atoms with E-state index in [0.717, 1.165) is 54.1 Å². The molecule has 1 amide bonds. The van der Waals surface area contributed by atoms with Gasteiger partial charge in [0.2, 0.25) is 0 Å². The number of quaternary nitrogens is 1. The maximum Gasteiger partial charge on any atom is 0.256 e. The molecule has 0 atom stereocenters. The number of aromatic nitrogens is 1. The molecule has 0 radical (unpaired) electrons. The Hall–Kier alpha value is -2.01. The number of likely N-dealkylation sites (N-methyl/N-ethyl adjacent to an activating group) is 1. The molecule has 118 valence electrons. The minimum atomic E-state index is 0.142. The molecule has 5 heteroatoms. The van der Waals surface area contributed by atoms with Gasteiger partial charge in [-0.15, -0.1) is 0 Å². The zero-order valence-corrected chi connectivity index (χ0v) is 13.8. The molecular weight excluding hydrogens is 278 g/mol. The van der Waals surface area contributed by atoms with Gasteiger partial charge >= 0.3 is 0 Å². The number of ether oxygens (including phenoxy) is 1. The van der Waals surface area contributed by atoms with Gasteiger partial charge in [0.15, 0.2) is 0 Å². The van der Waals surface area contributed by atoms with Crippen molar-refractivity contribution < 1.29 is 14.4 Å². The normalized spacial score (nSPS) is 16.3. The highest BCUT2D eigenvalue weighted by Gasteiger charge is 2.27. The number of fused-ring (bicyclic) bond motifs is 1. The first-order chi connectivity index (χ1) is 10.5. The van der Waals surface area contributed by atoms with Crippen LogP contribution in [0.3, 0.4) is 0 Å². The first-order valence-electron chi connectivity index (χ1n) is 7.76. The van der Waals surface area contributed by atoms with Gasteiger partial charge in [0, 0.05) is 23.6 Å². The lowest BCUT2D eigenvalue weighted by molar-refractivity contribution is -0.883. The van der Waals surface area contributed by atoms with Crippen LogP contribution in [-0.4, -0.2) is 55.7 Å². The van der Waals surface area contributed by atoms with Crippen molar-refractivity contribution in [2.45, 2.75) is 6.92 Å². The molecule has 2 aromatic rings. The average molecular weight is 302 g/mol. The van der Waals surface area contributed by atoms with Gasteiger partial charge in [0.05, 0.1) is 45.9 Å². The molecular formula is C17H24N3O2+. The number of methoxy groups -OCH3 is 1. The Morgan fingerprint density at radius 3 is 2.59 bits per heavy atom. The quantitative estimate of drug-likeness (QED) is 0.876. The molecule has 2 heterocycles. The standard InChI is InChI=1S/C17H23N3O2/c1-12-16(17(21)20-9-7-18(2)8-10-20)14-11-13(22-4)5-6-15(14)19(12)3/h5-6,11H,7-10H2,1-4H3/p+1. The van der Waals surface area contributed by atoms with Gasteiger partial charge in [-0.3, -0.25) is 4.79 Å². The summed E-state index contributed by atoms with van der Waals surface area (Å²) < 4.78 is 7.41. The van der Waals surface area contributed by atoms with Crippen molar-refractivity contribution in [3.63, 3.8) is 0 Å². The van der Waals surface area contributed by atoms with E-state index in [1.54, 1.807) is 7.11 Å². The molecule has 1 aliphatic heterocycles. The molecule has 0 saturated carbocycles. The van der Waals surface area contributed by atoms with Gasteiger partial charge in [-0.05, 0) is 25.1 Å². The van der Waals surface area contributed by atoms with Crippen LogP contribution >= 0.6 is 0 Å². The number of nitrogens with one attached hydrogen (secondary N) is 1. The SMILES string of the molecule is COc1ccc2c(c1)c(C(=O)N1CC[NH+](C)CC1)c(C)n2C. The summed E-state index contributed by atoms with van der Waals surface area (Å²) in [7, 11) is 5.84. The second-order valence-corrected chi connectivity index (χ2v) is 6.15. The van der Waals surface area contributed by atoms with Gasteiger partial charge in [0.25, 0.3) is 5.91 Å². The molecule has 1 aromatic heterocycles. The number of rotatable bonds is 2. The van der Waals surface area contributed by atoms with Crippen molar-refractivity contribution in [1.29, 1.82) is 0 Å². The van der Waals surface area contributed by atoms with E-state index >= 15 is 0 Å². The molecule has 1 saturated heterocycles. The van der Waals surface area contributed by atoms with E-state index in [4.69, 9.17) is 4.74 Å². The first kappa shape index (κ1) is 14.9. The van der Waals surface area contributed by atoms with E-state index < -0.39 is 0 Å². The highest BCUT2D eigenvalue weighted by atomic mass is 16.5. The smallest absolute Gasteiger partial charge is 0.256 e. The highest BCUT2D eigenvalue weighted by Crippen LogP contribution is 2.29. The molecule has 0 unspecified atom stereocenters. The summed E-state index contributed by atoms with van der Waals surface area (Å²) >= 11 is 0. The number of piperazine rings is 1. The summed E-state index contributed by atoms with van der Waals surface area (Å²) in [6, 6.07) is 5.93. The molecule has 3 rings (SSSR count). The molecule has 0 bridgehead atoms. The fraction of sp³-hybridized carbons (Fsp3) is 0.471. The number of carbonyl (C=O) groups is 1. The fourth-order valence-electron chi connectivity index (χ4n) is 3.20.